The fourth-order valence-corrected chi connectivity index (χ4v) is 2.46. The molecule has 0 aliphatic rings. The summed E-state index contributed by atoms with van der Waals surface area (Å²) in [6, 6.07) is 11.3. The molecule has 2 aromatic carbocycles. The molecule has 1 amide bonds. The van der Waals surface area contributed by atoms with Gasteiger partial charge in [0.25, 0.3) is 5.91 Å². The molecule has 3 rings (SSSR count). The Kier molecular flexibility index (Phi) is 5.63. The number of hydrogen-bond donors (Lipinski definition) is 1. The van der Waals surface area contributed by atoms with Crippen molar-refractivity contribution >= 4 is 27.5 Å². The molecule has 0 saturated carbocycles. The number of ether oxygens (including phenoxy) is 1. The molecule has 11 heteroatoms. The molecule has 1 atom stereocenters. The van der Waals surface area contributed by atoms with E-state index < -0.39 is 18.3 Å². The molecule has 146 valence electrons. The monoisotopic (exact) mass is 455 g/mol. The molecule has 28 heavy (non-hydrogen) atoms. The fraction of sp³-hybridized carbons (Fsp3) is 0.176. The average molecular weight is 456 g/mol. The molecule has 3 aromatic rings. The van der Waals surface area contributed by atoms with Gasteiger partial charge in [-0.25, -0.2) is 0 Å². The Morgan fingerprint density at radius 3 is 2.39 bits per heavy atom. The third-order valence-electron chi connectivity index (χ3n) is 3.61. The van der Waals surface area contributed by atoms with Gasteiger partial charge in [-0.3, -0.25) is 4.79 Å². The molecule has 0 spiro atoms. The van der Waals surface area contributed by atoms with Crippen LogP contribution in [0.4, 0.5) is 18.9 Å². The van der Waals surface area contributed by atoms with Gasteiger partial charge in [-0.05, 0) is 60.7 Å². The number of rotatable bonds is 5. The first-order valence-corrected chi connectivity index (χ1v) is 8.73. The normalized spacial score (nSPS) is 12.5. The summed E-state index contributed by atoms with van der Waals surface area (Å²) in [6.45, 7) is 1.57. The highest BCUT2D eigenvalue weighted by atomic mass is 79.9. The molecular weight excluding hydrogens is 443 g/mol. The number of benzene rings is 2. The van der Waals surface area contributed by atoms with Gasteiger partial charge in [-0.15, -0.1) is 23.4 Å². The lowest BCUT2D eigenvalue weighted by atomic mass is 10.2. The summed E-state index contributed by atoms with van der Waals surface area (Å²) in [5.41, 5.74) is 1.04. The summed E-state index contributed by atoms with van der Waals surface area (Å²) in [5.74, 6) is -0.472. The second kappa shape index (κ2) is 7.97. The highest BCUT2D eigenvalue weighted by Crippen LogP contribution is 2.24. The summed E-state index contributed by atoms with van der Waals surface area (Å²) in [4.78, 5) is 13.5. The molecule has 0 saturated heterocycles. The van der Waals surface area contributed by atoms with Crippen molar-refractivity contribution in [2.24, 2.45) is 0 Å². The average Bonchev–Trinajstić information content (AvgIpc) is 3.12. The van der Waals surface area contributed by atoms with Gasteiger partial charge in [0.15, 0.2) is 0 Å². The van der Waals surface area contributed by atoms with E-state index in [1.165, 1.54) is 12.1 Å². The summed E-state index contributed by atoms with van der Waals surface area (Å²) < 4.78 is 41.2. The highest BCUT2D eigenvalue weighted by molar-refractivity contribution is 9.10. The van der Waals surface area contributed by atoms with Crippen LogP contribution in [0.15, 0.2) is 53.0 Å². The van der Waals surface area contributed by atoms with Crippen LogP contribution in [-0.4, -0.2) is 32.5 Å². The minimum atomic E-state index is -4.77. The van der Waals surface area contributed by atoms with Crippen LogP contribution < -0.4 is 10.1 Å². The van der Waals surface area contributed by atoms with E-state index in [-0.39, 0.29) is 5.75 Å². The SMILES string of the molecule is C[C@@H](C(=O)Nc1ccc(OC(F)(F)F)cc1)n1nnc(-c2ccc(Br)cc2)n1. The zero-order valence-corrected chi connectivity index (χ0v) is 15.9. The van der Waals surface area contributed by atoms with Crippen LogP contribution in [0.2, 0.25) is 0 Å². The lowest BCUT2D eigenvalue weighted by molar-refractivity contribution is -0.274. The van der Waals surface area contributed by atoms with Crippen LogP contribution in [0, 0.1) is 0 Å². The Hall–Kier alpha value is -2.95. The highest BCUT2D eigenvalue weighted by Gasteiger charge is 2.31. The number of carbonyl (C=O) groups excluding carboxylic acids is 1. The van der Waals surface area contributed by atoms with Crippen LogP contribution >= 0.6 is 15.9 Å². The first-order chi connectivity index (χ1) is 13.2. The van der Waals surface area contributed by atoms with E-state index in [2.05, 4.69) is 41.4 Å². The van der Waals surface area contributed by atoms with Crippen LogP contribution in [-0.2, 0) is 4.79 Å². The number of halogens is 4. The largest absolute Gasteiger partial charge is 0.573 e. The minimum Gasteiger partial charge on any atom is -0.406 e. The Morgan fingerprint density at radius 2 is 1.79 bits per heavy atom. The minimum absolute atomic E-state index is 0.305. The van der Waals surface area contributed by atoms with Crippen LogP contribution in [0.5, 0.6) is 5.75 Å². The molecule has 0 unspecified atom stereocenters. The molecule has 7 nitrogen and oxygen atoms in total. The van der Waals surface area contributed by atoms with E-state index in [0.29, 0.717) is 11.5 Å². The molecule has 1 aromatic heterocycles. The van der Waals surface area contributed by atoms with Gasteiger partial charge in [0.05, 0.1) is 0 Å². The van der Waals surface area contributed by atoms with Gasteiger partial charge in [0, 0.05) is 15.7 Å². The Morgan fingerprint density at radius 1 is 1.14 bits per heavy atom. The third kappa shape index (κ3) is 5.06. The first-order valence-electron chi connectivity index (χ1n) is 7.93. The number of amides is 1. The van der Waals surface area contributed by atoms with Crippen molar-refractivity contribution in [2.45, 2.75) is 19.3 Å². The second-order valence-corrected chi connectivity index (χ2v) is 6.59. The maximum Gasteiger partial charge on any atom is 0.573 e. The number of hydrogen-bond acceptors (Lipinski definition) is 5. The molecule has 0 fully saturated rings. The Balaban J connectivity index is 1.65. The van der Waals surface area contributed by atoms with E-state index in [1.54, 1.807) is 19.1 Å². The van der Waals surface area contributed by atoms with E-state index >= 15 is 0 Å². The van der Waals surface area contributed by atoms with Crippen molar-refractivity contribution < 1.29 is 22.7 Å². The maximum atomic E-state index is 12.4. The molecule has 1 heterocycles. The predicted octanol–water partition coefficient (Wildman–Crippen LogP) is 4.20. The van der Waals surface area contributed by atoms with E-state index in [0.717, 1.165) is 27.0 Å². The zero-order valence-electron chi connectivity index (χ0n) is 14.3. The number of nitrogens with one attached hydrogen (secondary N) is 1. The van der Waals surface area contributed by atoms with Gasteiger partial charge >= 0.3 is 6.36 Å². The summed E-state index contributed by atoms with van der Waals surface area (Å²) in [5, 5.41) is 14.6. The first kappa shape index (κ1) is 19.8. The van der Waals surface area contributed by atoms with Crippen LogP contribution in [0.3, 0.4) is 0 Å². The van der Waals surface area contributed by atoms with Gasteiger partial charge < -0.3 is 10.1 Å². The van der Waals surface area contributed by atoms with E-state index in [4.69, 9.17) is 0 Å². The Labute approximate surface area is 165 Å². The molecule has 1 N–H and O–H groups in total. The van der Waals surface area contributed by atoms with Crippen molar-refractivity contribution in [1.29, 1.82) is 0 Å². The lowest BCUT2D eigenvalue weighted by Crippen LogP contribution is -2.25. The number of carbonyl (C=O) groups is 1. The Bertz CT molecular complexity index is 958. The summed E-state index contributed by atoms with van der Waals surface area (Å²) in [7, 11) is 0. The van der Waals surface area contributed by atoms with Crippen LogP contribution in [0.25, 0.3) is 11.4 Å². The molecule has 0 aliphatic carbocycles. The third-order valence-corrected chi connectivity index (χ3v) is 4.14. The quantitative estimate of drug-likeness (QED) is 0.623. The van der Waals surface area contributed by atoms with Crippen molar-refractivity contribution in [3.63, 3.8) is 0 Å². The van der Waals surface area contributed by atoms with Gasteiger partial charge in [-0.2, -0.15) is 4.80 Å². The van der Waals surface area contributed by atoms with Crippen molar-refractivity contribution in [3.8, 4) is 17.1 Å². The van der Waals surface area contributed by atoms with E-state index in [9.17, 15) is 18.0 Å². The van der Waals surface area contributed by atoms with Crippen LogP contribution in [0.1, 0.15) is 13.0 Å². The predicted molar refractivity (Wildman–Crippen MR) is 97.4 cm³/mol. The molecule has 0 bridgehead atoms. The van der Waals surface area contributed by atoms with Gasteiger partial charge in [-0.1, -0.05) is 15.9 Å². The number of nitrogens with zero attached hydrogens (tertiary/aromatic N) is 4. The zero-order chi connectivity index (χ0) is 20.3. The van der Waals surface area contributed by atoms with Crippen molar-refractivity contribution in [2.75, 3.05) is 5.32 Å². The number of tetrazole rings is 1. The standard InChI is InChI=1S/C17H13BrF3N5O2/c1-10(26-24-15(23-25-26)11-2-4-12(18)5-3-11)16(27)22-13-6-8-14(9-7-13)28-17(19,20)21/h2-10H,1H3,(H,22,27)/t10-/m0/s1. The number of anilines is 1. The molecule has 0 aliphatic heterocycles. The van der Waals surface area contributed by atoms with Crippen molar-refractivity contribution in [3.05, 3.63) is 53.0 Å². The smallest absolute Gasteiger partial charge is 0.406 e. The van der Waals surface area contributed by atoms with E-state index in [1.807, 2.05) is 12.1 Å². The summed E-state index contributed by atoms with van der Waals surface area (Å²) in [6.07, 6.45) is -4.77. The second-order valence-electron chi connectivity index (χ2n) is 5.68. The lowest BCUT2D eigenvalue weighted by Gasteiger charge is -2.12. The van der Waals surface area contributed by atoms with Gasteiger partial charge in [0.2, 0.25) is 5.82 Å². The van der Waals surface area contributed by atoms with Gasteiger partial charge in [0.1, 0.15) is 11.8 Å². The topological polar surface area (TPSA) is 81.9 Å². The summed E-state index contributed by atoms with van der Waals surface area (Å²) >= 11 is 3.34. The number of aromatic nitrogens is 4. The molecular formula is C17H13BrF3N5O2. The number of alkyl halides is 3. The molecule has 0 radical (unpaired) electrons. The maximum absolute atomic E-state index is 12.4. The van der Waals surface area contributed by atoms with Crippen molar-refractivity contribution in [1.82, 2.24) is 20.2 Å². The fourth-order valence-electron chi connectivity index (χ4n) is 2.20.